The molecule has 1 aliphatic heterocycles. The summed E-state index contributed by atoms with van der Waals surface area (Å²) >= 11 is 1.40. The molecule has 0 saturated carbocycles. The number of hydrogen-bond donors (Lipinski definition) is 1. The Morgan fingerprint density at radius 1 is 1.50 bits per heavy atom. The van der Waals surface area contributed by atoms with Gasteiger partial charge < -0.3 is 5.11 Å². The van der Waals surface area contributed by atoms with Crippen LogP contribution in [0.15, 0.2) is 5.03 Å². The predicted octanol–water partition coefficient (Wildman–Crippen LogP) is 0.564. The lowest BCUT2D eigenvalue weighted by Gasteiger charge is -2.16. The summed E-state index contributed by atoms with van der Waals surface area (Å²) in [6.07, 6.45) is 1.23. The Bertz CT molecular complexity index is 481. The van der Waals surface area contributed by atoms with Crippen molar-refractivity contribution in [3.05, 3.63) is 17.1 Å². The maximum absolute atomic E-state index is 12.3. The number of rotatable bonds is 2. The zero-order chi connectivity index (χ0) is 13.3. The minimum atomic E-state index is -0.627. The molecule has 1 atom stereocenters. The summed E-state index contributed by atoms with van der Waals surface area (Å²) in [6.45, 7) is 3.89. The molecule has 0 aliphatic carbocycles. The first-order valence-electron chi connectivity index (χ1n) is 5.55. The monoisotopic (exact) mass is 269 g/mol. The Balaban J connectivity index is 2.35. The molecule has 1 aromatic heterocycles. The van der Waals surface area contributed by atoms with E-state index in [0.717, 1.165) is 0 Å². The second-order valence-corrected chi connectivity index (χ2v) is 4.85. The third-order valence-corrected chi connectivity index (χ3v) is 3.28. The van der Waals surface area contributed by atoms with Gasteiger partial charge in [-0.25, -0.2) is 15.0 Å². The van der Waals surface area contributed by atoms with Crippen molar-refractivity contribution in [1.82, 2.24) is 15.0 Å². The van der Waals surface area contributed by atoms with Crippen molar-refractivity contribution >= 4 is 17.7 Å². The predicted molar refractivity (Wildman–Crippen MR) is 66.3 cm³/mol. The van der Waals surface area contributed by atoms with Crippen LogP contribution in [0.25, 0.3) is 0 Å². The number of aryl methyl sites for hydroxylation is 2. The largest absolute Gasteiger partial charge is 0.389 e. The van der Waals surface area contributed by atoms with Crippen molar-refractivity contribution in [3.8, 4) is 0 Å². The quantitative estimate of drug-likeness (QED) is 0.624. The topological polar surface area (TPSA) is 75.6 Å². The average Bonchev–Trinajstić information content (AvgIpc) is 2.74. The van der Waals surface area contributed by atoms with Crippen molar-refractivity contribution in [2.75, 3.05) is 19.4 Å². The maximum Gasteiger partial charge on any atom is 0.282 e. The molecule has 2 heterocycles. The van der Waals surface area contributed by atoms with Gasteiger partial charge in [0.05, 0.1) is 17.8 Å². The summed E-state index contributed by atoms with van der Waals surface area (Å²) < 4.78 is 0. The number of aliphatic hydroxyl groups excluding tert-OH is 1. The average molecular weight is 269 g/mol. The summed E-state index contributed by atoms with van der Waals surface area (Å²) in [7, 11) is 0. The summed E-state index contributed by atoms with van der Waals surface area (Å²) in [5.41, 5.74) is 1.07. The molecule has 1 N–H and O–H groups in total. The van der Waals surface area contributed by atoms with Crippen LogP contribution >= 0.6 is 11.8 Å². The molecule has 2 rings (SSSR count). The normalized spacial score (nSPS) is 19.3. The minimum absolute atomic E-state index is 0.145. The number of amides is 1. The lowest BCUT2D eigenvalue weighted by atomic mass is 10.2. The molecule has 1 aromatic rings. The van der Waals surface area contributed by atoms with Gasteiger partial charge in [0.25, 0.3) is 5.91 Å². The van der Waals surface area contributed by atoms with Gasteiger partial charge in [-0.2, -0.15) is 0 Å². The SMILES string of the molecule is CSc1nc(C)nc(C)c1C(=O)N1C[C@H](O)CO1. The number of thioether (sulfide) groups is 1. The van der Waals surface area contributed by atoms with Crippen molar-refractivity contribution < 1.29 is 14.7 Å². The van der Waals surface area contributed by atoms with Crippen molar-refractivity contribution in [2.24, 2.45) is 0 Å². The van der Waals surface area contributed by atoms with Crippen LogP contribution < -0.4 is 0 Å². The fourth-order valence-electron chi connectivity index (χ4n) is 1.81. The highest BCUT2D eigenvalue weighted by Gasteiger charge is 2.30. The van der Waals surface area contributed by atoms with Crippen LogP contribution in [0.4, 0.5) is 0 Å². The molecule has 0 radical (unpaired) electrons. The lowest BCUT2D eigenvalue weighted by Crippen LogP contribution is -2.30. The second kappa shape index (κ2) is 5.21. The first-order chi connectivity index (χ1) is 8.52. The molecular formula is C11H15N3O3S. The zero-order valence-electron chi connectivity index (χ0n) is 10.5. The molecule has 6 nitrogen and oxygen atoms in total. The second-order valence-electron chi connectivity index (χ2n) is 4.06. The third kappa shape index (κ3) is 2.47. The highest BCUT2D eigenvalue weighted by Crippen LogP contribution is 2.23. The summed E-state index contributed by atoms with van der Waals surface area (Å²) in [5.74, 6) is 0.337. The summed E-state index contributed by atoms with van der Waals surface area (Å²) in [4.78, 5) is 25.9. The molecule has 1 aliphatic rings. The molecule has 7 heteroatoms. The van der Waals surface area contributed by atoms with E-state index in [4.69, 9.17) is 4.84 Å². The Morgan fingerprint density at radius 2 is 2.22 bits per heavy atom. The van der Waals surface area contributed by atoms with Crippen LogP contribution in [-0.4, -0.2) is 51.6 Å². The van der Waals surface area contributed by atoms with Crippen molar-refractivity contribution in [1.29, 1.82) is 0 Å². The first kappa shape index (κ1) is 13.3. The molecule has 1 amide bonds. The zero-order valence-corrected chi connectivity index (χ0v) is 11.3. The van der Waals surface area contributed by atoms with Gasteiger partial charge in [0.1, 0.15) is 23.6 Å². The van der Waals surface area contributed by atoms with Gasteiger partial charge in [-0.15, -0.1) is 11.8 Å². The van der Waals surface area contributed by atoms with E-state index >= 15 is 0 Å². The van der Waals surface area contributed by atoms with E-state index in [2.05, 4.69) is 9.97 Å². The third-order valence-electron chi connectivity index (χ3n) is 2.60. The number of aliphatic hydroxyl groups is 1. The Morgan fingerprint density at radius 3 is 2.78 bits per heavy atom. The number of β-amino-alcohol motifs (C(OH)–C–C–N with tert-alkyl or cyclic N) is 1. The van der Waals surface area contributed by atoms with Crippen LogP contribution in [0.5, 0.6) is 0 Å². The highest BCUT2D eigenvalue weighted by atomic mass is 32.2. The van der Waals surface area contributed by atoms with Crippen LogP contribution in [0.1, 0.15) is 21.9 Å². The van der Waals surface area contributed by atoms with Gasteiger partial charge in [-0.05, 0) is 20.1 Å². The molecule has 0 bridgehead atoms. The Hall–Kier alpha value is -1.18. The van der Waals surface area contributed by atoms with E-state index in [1.807, 2.05) is 6.26 Å². The highest BCUT2D eigenvalue weighted by molar-refractivity contribution is 7.98. The van der Waals surface area contributed by atoms with Crippen molar-refractivity contribution in [3.63, 3.8) is 0 Å². The number of nitrogens with zero attached hydrogens (tertiary/aromatic N) is 3. The van der Waals surface area contributed by atoms with Gasteiger partial charge >= 0.3 is 0 Å². The summed E-state index contributed by atoms with van der Waals surface area (Å²) in [6, 6.07) is 0. The maximum atomic E-state index is 12.3. The molecular weight excluding hydrogens is 254 g/mol. The number of aromatic nitrogens is 2. The van der Waals surface area contributed by atoms with E-state index < -0.39 is 6.10 Å². The van der Waals surface area contributed by atoms with Crippen LogP contribution in [0.2, 0.25) is 0 Å². The van der Waals surface area contributed by atoms with E-state index in [1.54, 1.807) is 13.8 Å². The van der Waals surface area contributed by atoms with Gasteiger partial charge in [-0.1, -0.05) is 0 Å². The van der Waals surface area contributed by atoms with Crippen molar-refractivity contribution in [2.45, 2.75) is 25.0 Å². The first-order valence-corrected chi connectivity index (χ1v) is 6.77. The lowest BCUT2D eigenvalue weighted by molar-refractivity contribution is -0.0783. The van der Waals surface area contributed by atoms with E-state index in [0.29, 0.717) is 22.1 Å². The molecule has 1 fully saturated rings. The smallest absolute Gasteiger partial charge is 0.282 e. The van der Waals surface area contributed by atoms with Crippen LogP contribution in [0, 0.1) is 13.8 Å². The number of hydrogen-bond acceptors (Lipinski definition) is 6. The van der Waals surface area contributed by atoms with Gasteiger partial charge in [0.2, 0.25) is 0 Å². The fraction of sp³-hybridized carbons (Fsp3) is 0.545. The molecule has 0 aromatic carbocycles. The molecule has 1 saturated heterocycles. The van der Waals surface area contributed by atoms with Crippen LogP contribution in [0.3, 0.4) is 0 Å². The number of carbonyl (C=O) groups excluding carboxylic acids is 1. The molecule has 98 valence electrons. The fourth-order valence-corrected chi connectivity index (χ4v) is 2.48. The van der Waals surface area contributed by atoms with Gasteiger partial charge in [0.15, 0.2) is 0 Å². The Kier molecular flexibility index (Phi) is 3.84. The standard InChI is InChI=1S/C11H15N3O3S/c1-6-9(10(18-3)13-7(2)12-6)11(16)14-4-8(15)5-17-14/h8,15H,4-5H2,1-3H3/t8-/m0/s1. The molecule has 0 spiro atoms. The van der Waals surface area contributed by atoms with E-state index in [9.17, 15) is 9.90 Å². The van der Waals surface area contributed by atoms with E-state index in [-0.39, 0.29) is 19.1 Å². The van der Waals surface area contributed by atoms with E-state index in [1.165, 1.54) is 16.8 Å². The number of carbonyl (C=O) groups is 1. The Labute approximate surface area is 109 Å². The van der Waals surface area contributed by atoms with Crippen LogP contribution in [-0.2, 0) is 4.84 Å². The molecule has 0 unspecified atom stereocenters. The number of hydroxylamine groups is 2. The van der Waals surface area contributed by atoms with Gasteiger partial charge in [-0.3, -0.25) is 9.63 Å². The molecule has 18 heavy (non-hydrogen) atoms. The van der Waals surface area contributed by atoms with Gasteiger partial charge in [0, 0.05) is 0 Å². The minimum Gasteiger partial charge on any atom is -0.389 e. The summed E-state index contributed by atoms with van der Waals surface area (Å²) in [5, 5.41) is 11.2.